The van der Waals surface area contributed by atoms with Crippen molar-refractivity contribution in [3.05, 3.63) is 89.0 Å². The molecule has 0 aliphatic carbocycles. The molecule has 0 saturated heterocycles. The normalized spacial score (nSPS) is 12.7. The number of hydrogen-bond donors (Lipinski definition) is 2. The van der Waals surface area contributed by atoms with Crippen LogP contribution in [0.25, 0.3) is 0 Å². The fraction of sp³-hybridized carbons (Fsp3) is 0.269. The molecule has 162 valence electrons. The van der Waals surface area contributed by atoms with Gasteiger partial charge >= 0.3 is 0 Å². The number of ether oxygens (including phenoxy) is 2. The van der Waals surface area contributed by atoms with Crippen LogP contribution in [-0.4, -0.2) is 27.2 Å². The Morgan fingerprint density at radius 3 is 2.16 bits per heavy atom. The number of nitrogens with one attached hydrogen (secondary N) is 2. The second-order valence-corrected chi connectivity index (χ2v) is 7.88. The van der Waals surface area contributed by atoms with Crippen molar-refractivity contribution in [2.45, 2.75) is 26.4 Å². The molecule has 3 aromatic carbocycles. The van der Waals surface area contributed by atoms with Crippen molar-refractivity contribution in [1.29, 1.82) is 0 Å². The minimum atomic E-state index is -0.406. The smallest absolute Gasteiger partial charge is 0.287 e. The van der Waals surface area contributed by atoms with E-state index < -0.39 is 6.04 Å². The van der Waals surface area contributed by atoms with Crippen molar-refractivity contribution in [1.82, 2.24) is 0 Å². The zero-order chi connectivity index (χ0) is 22.4. The molecule has 0 heterocycles. The molecule has 2 atom stereocenters. The van der Waals surface area contributed by atoms with E-state index in [-0.39, 0.29) is 5.91 Å². The zero-order valence-corrected chi connectivity index (χ0v) is 18.9. The number of aryl methyl sites for hydroxylation is 2. The number of amides is 1. The van der Waals surface area contributed by atoms with Crippen molar-refractivity contribution in [3.63, 3.8) is 0 Å². The summed E-state index contributed by atoms with van der Waals surface area (Å²) in [6.07, 6.45) is 0. The second kappa shape index (κ2) is 10.1. The van der Waals surface area contributed by atoms with Gasteiger partial charge < -0.3 is 19.7 Å². The van der Waals surface area contributed by atoms with Gasteiger partial charge in [0.2, 0.25) is 0 Å². The van der Waals surface area contributed by atoms with Crippen LogP contribution in [0.1, 0.15) is 28.3 Å². The summed E-state index contributed by atoms with van der Waals surface area (Å²) in [5, 5.41) is 3.09. The van der Waals surface area contributed by atoms with Crippen LogP contribution < -0.4 is 19.7 Å². The Morgan fingerprint density at radius 2 is 1.52 bits per heavy atom. The molecule has 31 heavy (non-hydrogen) atoms. The van der Waals surface area contributed by atoms with Gasteiger partial charge in [0.05, 0.1) is 27.0 Å². The van der Waals surface area contributed by atoms with Crippen LogP contribution in [0.15, 0.2) is 66.7 Å². The Kier molecular flexibility index (Phi) is 7.32. The number of carbonyl (C=O) groups is 1. The lowest BCUT2D eigenvalue weighted by molar-refractivity contribution is -0.915. The molecule has 0 aliphatic rings. The highest BCUT2D eigenvalue weighted by Gasteiger charge is 2.30. The van der Waals surface area contributed by atoms with Gasteiger partial charge in [-0.2, -0.15) is 0 Å². The number of anilines is 1. The van der Waals surface area contributed by atoms with Crippen molar-refractivity contribution in [2.24, 2.45) is 0 Å². The molecule has 5 heteroatoms. The highest BCUT2D eigenvalue weighted by atomic mass is 16.5. The quantitative estimate of drug-likeness (QED) is 0.585. The van der Waals surface area contributed by atoms with Gasteiger partial charge in [-0.05, 0) is 43.7 Å². The highest BCUT2D eigenvalue weighted by Crippen LogP contribution is 2.26. The number of carbonyl (C=O) groups excluding carboxylic acids is 1. The van der Waals surface area contributed by atoms with E-state index in [2.05, 4.69) is 18.3 Å². The Morgan fingerprint density at radius 1 is 0.903 bits per heavy atom. The van der Waals surface area contributed by atoms with Gasteiger partial charge in [-0.25, -0.2) is 0 Å². The molecule has 0 fully saturated rings. The fourth-order valence-corrected chi connectivity index (χ4v) is 3.88. The lowest BCUT2D eigenvalue weighted by Gasteiger charge is -2.26. The molecular formula is C26H31N2O3+. The van der Waals surface area contributed by atoms with Crippen LogP contribution in [0.5, 0.6) is 11.5 Å². The molecule has 1 unspecified atom stereocenters. The highest BCUT2D eigenvalue weighted by molar-refractivity contribution is 5.96. The standard InChI is InChI=1S/C26H30N2O3/c1-18-11-13-23(30-4)21(15-18)17-28(3)25(20-9-7-6-8-10-20)26(29)27-22-16-19(2)12-14-24(22)31-5/h6-16,25H,17H2,1-5H3,(H,27,29)/p+1/t25-/m0/s1. The first kappa shape index (κ1) is 22.4. The van der Waals surface area contributed by atoms with Crippen molar-refractivity contribution >= 4 is 11.6 Å². The van der Waals surface area contributed by atoms with Crippen LogP contribution >= 0.6 is 0 Å². The van der Waals surface area contributed by atoms with Gasteiger partial charge in [0, 0.05) is 11.1 Å². The van der Waals surface area contributed by atoms with E-state index in [0.717, 1.165) is 32.9 Å². The van der Waals surface area contributed by atoms with Gasteiger partial charge in [0.25, 0.3) is 5.91 Å². The molecule has 0 aromatic heterocycles. The second-order valence-electron chi connectivity index (χ2n) is 7.88. The van der Waals surface area contributed by atoms with Crippen LogP contribution in [0.4, 0.5) is 5.69 Å². The topological polar surface area (TPSA) is 52.0 Å². The first-order valence-electron chi connectivity index (χ1n) is 10.4. The monoisotopic (exact) mass is 419 g/mol. The van der Waals surface area contributed by atoms with Crippen LogP contribution in [0.2, 0.25) is 0 Å². The Bertz CT molecular complexity index is 1030. The third kappa shape index (κ3) is 5.44. The van der Waals surface area contributed by atoms with Gasteiger partial charge in [-0.3, -0.25) is 4.79 Å². The number of rotatable bonds is 8. The molecule has 0 saturated carbocycles. The van der Waals surface area contributed by atoms with Crippen molar-refractivity contribution in [3.8, 4) is 11.5 Å². The van der Waals surface area contributed by atoms with Crippen molar-refractivity contribution in [2.75, 3.05) is 26.6 Å². The van der Waals surface area contributed by atoms with E-state index in [0.29, 0.717) is 18.0 Å². The summed E-state index contributed by atoms with van der Waals surface area (Å²) in [5.41, 5.74) is 4.92. The minimum Gasteiger partial charge on any atom is -0.496 e. The maximum Gasteiger partial charge on any atom is 0.287 e. The number of likely N-dealkylation sites (N-methyl/N-ethyl adjacent to an activating group) is 1. The predicted octanol–water partition coefficient (Wildman–Crippen LogP) is 3.72. The minimum absolute atomic E-state index is 0.0841. The molecule has 5 nitrogen and oxygen atoms in total. The van der Waals surface area contributed by atoms with E-state index in [9.17, 15) is 4.79 Å². The maximum atomic E-state index is 13.5. The third-order valence-electron chi connectivity index (χ3n) is 5.41. The fourth-order valence-electron chi connectivity index (χ4n) is 3.88. The van der Waals surface area contributed by atoms with Gasteiger partial charge in [-0.1, -0.05) is 48.0 Å². The summed E-state index contributed by atoms with van der Waals surface area (Å²) in [7, 11) is 5.32. The van der Waals surface area contributed by atoms with E-state index in [4.69, 9.17) is 9.47 Å². The van der Waals surface area contributed by atoms with Crippen molar-refractivity contribution < 1.29 is 19.2 Å². The summed E-state index contributed by atoms with van der Waals surface area (Å²) >= 11 is 0. The van der Waals surface area contributed by atoms with Gasteiger partial charge in [0.15, 0.2) is 6.04 Å². The van der Waals surface area contributed by atoms with Gasteiger partial charge in [0.1, 0.15) is 18.0 Å². The number of hydrogen-bond acceptors (Lipinski definition) is 3. The van der Waals surface area contributed by atoms with Crippen LogP contribution in [0.3, 0.4) is 0 Å². The molecule has 3 rings (SSSR count). The number of benzene rings is 3. The number of quaternary nitrogens is 1. The Balaban J connectivity index is 1.93. The summed E-state index contributed by atoms with van der Waals surface area (Å²) in [4.78, 5) is 14.6. The maximum absolute atomic E-state index is 13.5. The SMILES string of the molecule is COc1ccc(C)cc1C[NH+](C)[C@H](C(=O)Nc1cc(C)ccc1OC)c1ccccc1. The molecule has 1 amide bonds. The summed E-state index contributed by atoms with van der Waals surface area (Å²) in [5.74, 6) is 1.39. The predicted molar refractivity (Wildman–Crippen MR) is 124 cm³/mol. The van der Waals surface area contributed by atoms with Crippen LogP contribution in [0, 0.1) is 13.8 Å². The Hall–Kier alpha value is -3.31. The number of methoxy groups -OCH3 is 2. The molecule has 3 aromatic rings. The average Bonchev–Trinajstić information content (AvgIpc) is 2.75. The average molecular weight is 420 g/mol. The van der Waals surface area contributed by atoms with E-state index >= 15 is 0 Å². The van der Waals surface area contributed by atoms with E-state index in [1.807, 2.05) is 74.6 Å². The molecule has 0 bridgehead atoms. The van der Waals surface area contributed by atoms with Gasteiger partial charge in [-0.15, -0.1) is 0 Å². The third-order valence-corrected chi connectivity index (χ3v) is 5.41. The molecular weight excluding hydrogens is 388 g/mol. The van der Waals surface area contributed by atoms with E-state index in [1.165, 1.54) is 0 Å². The van der Waals surface area contributed by atoms with Crippen LogP contribution in [-0.2, 0) is 11.3 Å². The molecule has 2 N–H and O–H groups in total. The zero-order valence-electron chi connectivity index (χ0n) is 18.9. The van der Waals surface area contributed by atoms with E-state index in [1.54, 1.807) is 14.2 Å². The Labute approximate surface area is 184 Å². The molecule has 0 aliphatic heterocycles. The molecule has 0 radical (unpaired) electrons. The summed E-state index contributed by atoms with van der Waals surface area (Å²) in [6, 6.07) is 21.4. The first-order chi connectivity index (χ1) is 14.9. The molecule has 0 spiro atoms. The lowest BCUT2D eigenvalue weighted by Crippen LogP contribution is -3.09. The largest absolute Gasteiger partial charge is 0.496 e. The summed E-state index contributed by atoms with van der Waals surface area (Å²) in [6.45, 7) is 4.69. The summed E-state index contributed by atoms with van der Waals surface area (Å²) < 4.78 is 11.0. The lowest BCUT2D eigenvalue weighted by atomic mass is 10.0. The first-order valence-corrected chi connectivity index (χ1v) is 10.4.